The molecule has 6 heteroatoms. The molecule has 0 spiro atoms. The predicted molar refractivity (Wildman–Crippen MR) is 92.3 cm³/mol. The van der Waals surface area contributed by atoms with E-state index in [-0.39, 0.29) is 5.91 Å². The Morgan fingerprint density at radius 1 is 1.09 bits per heavy atom. The predicted octanol–water partition coefficient (Wildman–Crippen LogP) is 3.46. The number of rotatable bonds is 2. The van der Waals surface area contributed by atoms with Gasteiger partial charge in [-0.2, -0.15) is 0 Å². The Hall–Kier alpha value is -1.36. The zero-order chi connectivity index (χ0) is 16.0. The first-order chi connectivity index (χ1) is 11.1. The van der Waals surface area contributed by atoms with Gasteiger partial charge >= 0.3 is 0 Å². The maximum atomic E-state index is 12.9. The molecule has 2 aromatic rings. The summed E-state index contributed by atoms with van der Waals surface area (Å²) in [4.78, 5) is 21.6. The number of pyridine rings is 1. The molecule has 1 aliphatic heterocycles. The number of aromatic nitrogens is 1. The normalized spacial score (nSPS) is 19.3. The van der Waals surface area contributed by atoms with Gasteiger partial charge in [-0.15, -0.1) is 0 Å². The van der Waals surface area contributed by atoms with Crippen molar-refractivity contribution in [2.75, 3.05) is 26.2 Å². The van der Waals surface area contributed by atoms with Crippen molar-refractivity contribution in [2.24, 2.45) is 0 Å². The van der Waals surface area contributed by atoms with Crippen LogP contribution in [0.4, 0.5) is 0 Å². The maximum absolute atomic E-state index is 12.9. The van der Waals surface area contributed by atoms with E-state index in [1.54, 1.807) is 24.3 Å². The summed E-state index contributed by atoms with van der Waals surface area (Å²) in [6, 6.07) is 7.74. The Bertz CT molecular complexity index is 768. The molecule has 4 nitrogen and oxygen atoms in total. The fourth-order valence-corrected chi connectivity index (χ4v) is 3.62. The molecule has 0 atom stereocenters. The minimum absolute atomic E-state index is 0.0111. The largest absolute Gasteiger partial charge is 0.336 e. The van der Waals surface area contributed by atoms with E-state index in [2.05, 4.69) is 9.88 Å². The first-order valence-electron chi connectivity index (χ1n) is 7.91. The number of benzene rings is 1. The molecule has 1 aromatic carbocycles. The van der Waals surface area contributed by atoms with Crippen LogP contribution in [-0.2, 0) is 0 Å². The third-order valence-electron chi connectivity index (χ3n) is 4.63. The highest BCUT2D eigenvalue weighted by Crippen LogP contribution is 2.29. The van der Waals surface area contributed by atoms with Gasteiger partial charge in [-0.3, -0.25) is 9.69 Å². The maximum Gasteiger partial charge on any atom is 0.254 e. The molecule has 1 amide bonds. The van der Waals surface area contributed by atoms with Gasteiger partial charge < -0.3 is 4.90 Å². The van der Waals surface area contributed by atoms with E-state index >= 15 is 0 Å². The fourth-order valence-electron chi connectivity index (χ4n) is 3.24. The highest BCUT2D eigenvalue weighted by atomic mass is 35.5. The number of amides is 1. The van der Waals surface area contributed by atoms with Crippen molar-refractivity contribution in [2.45, 2.75) is 18.9 Å². The second-order valence-corrected chi connectivity index (χ2v) is 7.04. The summed E-state index contributed by atoms with van der Waals surface area (Å²) >= 11 is 12.2. The molecular formula is C17H17Cl2N3O. The van der Waals surface area contributed by atoms with Gasteiger partial charge in [0.1, 0.15) is 5.15 Å². The van der Waals surface area contributed by atoms with E-state index in [4.69, 9.17) is 23.2 Å². The van der Waals surface area contributed by atoms with Crippen LogP contribution in [0.1, 0.15) is 23.2 Å². The first kappa shape index (κ1) is 15.2. The lowest BCUT2D eigenvalue weighted by Gasteiger charge is -2.35. The van der Waals surface area contributed by atoms with Crippen LogP contribution in [0.25, 0.3) is 10.9 Å². The molecule has 2 fully saturated rings. The Morgan fingerprint density at radius 2 is 1.83 bits per heavy atom. The van der Waals surface area contributed by atoms with Crippen molar-refractivity contribution in [1.82, 2.24) is 14.8 Å². The van der Waals surface area contributed by atoms with E-state index in [0.717, 1.165) is 37.6 Å². The van der Waals surface area contributed by atoms with Gasteiger partial charge in [0, 0.05) is 42.6 Å². The van der Waals surface area contributed by atoms with Gasteiger partial charge in [0.2, 0.25) is 0 Å². The topological polar surface area (TPSA) is 36.4 Å². The van der Waals surface area contributed by atoms with Gasteiger partial charge in [-0.1, -0.05) is 23.2 Å². The van der Waals surface area contributed by atoms with Gasteiger partial charge in [-0.25, -0.2) is 4.98 Å². The molecular weight excluding hydrogens is 333 g/mol. The minimum atomic E-state index is 0.0111. The number of halogens is 2. The number of nitrogens with zero attached hydrogens (tertiary/aromatic N) is 3. The van der Waals surface area contributed by atoms with Crippen molar-refractivity contribution >= 4 is 40.0 Å². The van der Waals surface area contributed by atoms with E-state index in [1.165, 1.54) is 12.8 Å². The number of piperazine rings is 1. The Balaban J connectivity index is 1.63. The number of hydrogen-bond donors (Lipinski definition) is 0. The molecule has 0 N–H and O–H groups in total. The smallest absolute Gasteiger partial charge is 0.254 e. The zero-order valence-corrected chi connectivity index (χ0v) is 14.1. The summed E-state index contributed by atoms with van der Waals surface area (Å²) in [5.74, 6) is 0.0111. The lowest BCUT2D eigenvalue weighted by atomic mass is 10.1. The van der Waals surface area contributed by atoms with Crippen LogP contribution in [-0.4, -0.2) is 52.9 Å². The van der Waals surface area contributed by atoms with E-state index in [1.807, 2.05) is 4.90 Å². The second kappa shape index (κ2) is 5.93. The molecule has 120 valence electrons. The summed E-state index contributed by atoms with van der Waals surface area (Å²) in [7, 11) is 0. The Kier molecular flexibility index (Phi) is 3.92. The first-order valence-corrected chi connectivity index (χ1v) is 8.66. The van der Waals surface area contributed by atoms with Crippen LogP contribution in [0.2, 0.25) is 10.2 Å². The molecule has 0 radical (unpaired) electrons. The average molecular weight is 350 g/mol. The van der Waals surface area contributed by atoms with Gasteiger partial charge in [-0.05, 0) is 37.1 Å². The molecule has 0 unspecified atom stereocenters. The molecule has 1 saturated carbocycles. The number of fused-ring (bicyclic) bond motifs is 1. The number of carbonyl (C=O) groups excluding carboxylic acids is 1. The highest BCUT2D eigenvalue weighted by Gasteiger charge is 2.32. The van der Waals surface area contributed by atoms with Gasteiger partial charge in [0.05, 0.1) is 11.1 Å². The molecule has 0 bridgehead atoms. The minimum Gasteiger partial charge on any atom is -0.336 e. The van der Waals surface area contributed by atoms with Crippen LogP contribution < -0.4 is 0 Å². The van der Waals surface area contributed by atoms with Crippen LogP contribution in [0.15, 0.2) is 24.3 Å². The summed E-state index contributed by atoms with van der Waals surface area (Å²) < 4.78 is 0. The summed E-state index contributed by atoms with van der Waals surface area (Å²) in [6.45, 7) is 3.43. The molecule has 2 heterocycles. The average Bonchev–Trinajstić information content (AvgIpc) is 3.39. The number of carbonyl (C=O) groups is 1. The van der Waals surface area contributed by atoms with Crippen molar-refractivity contribution in [3.05, 3.63) is 40.0 Å². The third-order valence-corrected chi connectivity index (χ3v) is 5.06. The van der Waals surface area contributed by atoms with Crippen LogP contribution in [0.3, 0.4) is 0 Å². The standard InChI is InChI=1S/C17H17Cl2N3O/c18-11-1-4-15-13(9-11)14(10-16(19)20-15)17(23)22-7-5-21(6-8-22)12-2-3-12/h1,4,9-10,12H,2-3,5-8H2. The van der Waals surface area contributed by atoms with Crippen molar-refractivity contribution < 1.29 is 4.79 Å². The molecule has 1 aromatic heterocycles. The van der Waals surface area contributed by atoms with E-state index < -0.39 is 0 Å². The lowest BCUT2D eigenvalue weighted by molar-refractivity contribution is 0.0629. The van der Waals surface area contributed by atoms with Crippen molar-refractivity contribution in [3.63, 3.8) is 0 Å². The zero-order valence-electron chi connectivity index (χ0n) is 12.6. The van der Waals surface area contributed by atoms with E-state index in [0.29, 0.717) is 21.3 Å². The van der Waals surface area contributed by atoms with Crippen LogP contribution in [0, 0.1) is 0 Å². The van der Waals surface area contributed by atoms with E-state index in [9.17, 15) is 4.79 Å². The molecule has 4 rings (SSSR count). The quantitative estimate of drug-likeness (QED) is 0.779. The Labute approximate surface area is 145 Å². The monoisotopic (exact) mass is 349 g/mol. The van der Waals surface area contributed by atoms with Crippen LogP contribution in [0.5, 0.6) is 0 Å². The highest BCUT2D eigenvalue weighted by molar-refractivity contribution is 6.32. The van der Waals surface area contributed by atoms with Crippen molar-refractivity contribution in [1.29, 1.82) is 0 Å². The fraction of sp³-hybridized carbons (Fsp3) is 0.412. The number of hydrogen-bond acceptors (Lipinski definition) is 3. The van der Waals surface area contributed by atoms with Crippen LogP contribution >= 0.6 is 23.2 Å². The van der Waals surface area contributed by atoms with Gasteiger partial charge in [0.15, 0.2) is 0 Å². The SMILES string of the molecule is O=C(c1cc(Cl)nc2ccc(Cl)cc12)N1CCN(C2CC2)CC1. The molecule has 2 aliphatic rings. The lowest BCUT2D eigenvalue weighted by Crippen LogP contribution is -2.49. The molecule has 1 aliphatic carbocycles. The van der Waals surface area contributed by atoms with Gasteiger partial charge in [0.25, 0.3) is 5.91 Å². The Morgan fingerprint density at radius 3 is 2.52 bits per heavy atom. The van der Waals surface area contributed by atoms with Crippen molar-refractivity contribution in [3.8, 4) is 0 Å². The second-order valence-electron chi connectivity index (χ2n) is 6.21. The summed E-state index contributed by atoms with van der Waals surface area (Å²) in [5.41, 5.74) is 1.28. The molecule has 23 heavy (non-hydrogen) atoms. The molecule has 1 saturated heterocycles. The summed E-state index contributed by atoms with van der Waals surface area (Å²) in [5, 5.41) is 1.69. The summed E-state index contributed by atoms with van der Waals surface area (Å²) in [6.07, 6.45) is 2.61. The third kappa shape index (κ3) is 3.03.